The van der Waals surface area contributed by atoms with Crippen molar-refractivity contribution >= 4 is 11.8 Å². The number of hydrogen-bond acceptors (Lipinski definition) is 2. The van der Waals surface area contributed by atoms with E-state index in [1.165, 1.54) is 36.3 Å². The zero-order valence-electron chi connectivity index (χ0n) is 10.3. The van der Waals surface area contributed by atoms with E-state index in [0.717, 1.165) is 5.56 Å². The normalized spacial score (nSPS) is 12.7. The van der Waals surface area contributed by atoms with Crippen molar-refractivity contribution in [3.63, 3.8) is 0 Å². The lowest BCUT2D eigenvalue weighted by Gasteiger charge is -2.06. The molecular weight excluding hydrogens is 216 g/mol. The van der Waals surface area contributed by atoms with Gasteiger partial charge in [0.15, 0.2) is 0 Å². The van der Waals surface area contributed by atoms with Crippen LogP contribution in [0.3, 0.4) is 0 Å². The molecule has 0 aliphatic heterocycles. The van der Waals surface area contributed by atoms with Crippen LogP contribution in [0.4, 0.5) is 0 Å². The number of rotatable bonds is 7. The van der Waals surface area contributed by atoms with Crippen LogP contribution in [-0.4, -0.2) is 10.9 Å². The summed E-state index contributed by atoms with van der Waals surface area (Å²) in [6.45, 7) is 4.04. The van der Waals surface area contributed by atoms with Crippen LogP contribution in [0.15, 0.2) is 29.2 Å². The molecule has 0 fully saturated rings. The second-order valence-corrected chi connectivity index (χ2v) is 5.32. The van der Waals surface area contributed by atoms with E-state index in [4.69, 9.17) is 0 Å². The van der Waals surface area contributed by atoms with Crippen LogP contribution in [0.5, 0.6) is 0 Å². The molecule has 0 aliphatic rings. The molecule has 0 radical (unpaired) electrons. The van der Waals surface area contributed by atoms with Gasteiger partial charge in [-0.1, -0.05) is 38.3 Å². The van der Waals surface area contributed by atoms with Crippen molar-refractivity contribution in [3.8, 4) is 0 Å². The van der Waals surface area contributed by atoms with E-state index < -0.39 is 0 Å². The van der Waals surface area contributed by atoms with Crippen LogP contribution in [0.2, 0.25) is 0 Å². The molecule has 16 heavy (non-hydrogen) atoms. The van der Waals surface area contributed by atoms with Crippen molar-refractivity contribution in [2.24, 2.45) is 0 Å². The molecule has 1 aromatic rings. The fourth-order valence-electron chi connectivity index (χ4n) is 1.56. The molecule has 0 aromatic heterocycles. The minimum Gasteiger partial charge on any atom is -0.389 e. The number of unbranched alkanes of at least 4 members (excludes halogenated alkanes) is 3. The van der Waals surface area contributed by atoms with Gasteiger partial charge in [-0.05, 0) is 36.8 Å². The molecule has 2 heteroatoms. The van der Waals surface area contributed by atoms with E-state index in [0.29, 0.717) is 0 Å². The van der Waals surface area contributed by atoms with Gasteiger partial charge in [0.25, 0.3) is 0 Å². The molecule has 0 amide bonds. The quantitative estimate of drug-likeness (QED) is 0.561. The number of benzene rings is 1. The highest BCUT2D eigenvalue weighted by molar-refractivity contribution is 7.99. The Balaban J connectivity index is 2.27. The molecule has 1 N–H and O–H groups in total. The molecule has 0 aliphatic carbocycles. The molecule has 0 bridgehead atoms. The molecule has 0 saturated heterocycles. The van der Waals surface area contributed by atoms with E-state index in [-0.39, 0.29) is 6.10 Å². The van der Waals surface area contributed by atoms with E-state index in [1.807, 2.05) is 23.9 Å². The van der Waals surface area contributed by atoms with Crippen molar-refractivity contribution in [3.05, 3.63) is 29.8 Å². The first kappa shape index (κ1) is 13.6. The first-order valence-electron chi connectivity index (χ1n) is 6.15. The van der Waals surface area contributed by atoms with Gasteiger partial charge >= 0.3 is 0 Å². The van der Waals surface area contributed by atoms with Gasteiger partial charge in [0.2, 0.25) is 0 Å². The summed E-state index contributed by atoms with van der Waals surface area (Å²) in [6, 6.07) is 8.23. The van der Waals surface area contributed by atoms with Gasteiger partial charge in [-0.15, -0.1) is 11.8 Å². The maximum absolute atomic E-state index is 9.38. The Morgan fingerprint density at radius 1 is 1.12 bits per heavy atom. The second-order valence-electron chi connectivity index (χ2n) is 4.15. The number of aliphatic hydroxyl groups is 1. The molecule has 1 aromatic carbocycles. The van der Waals surface area contributed by atoms with Gasteiger partial charge in [0, 0.05) is 4.90 Å². The van der Waals surface area contributed by atoms with E-state index in [9.17, 15) is 5.11 Å². The number of thioether (sulfide) groups is 1. The fourth-order valence-corrected chi connectivity index (χ4v) is 2.47. The third-order valence-electron chi connectivity index (χ3n) is 2.63. The molecule has 1 unspecified atom stereocenters. The largest absolute Gasteiger partial charge is 0.389 e. The Bertz CT molecular complexity index is 279. The van der Waals surface area contributed by atoms with Crippen molar-refractivity contribution in [2.45, 2.75) is 50.5 Å². The first-order chi connectivity index (χ1) is 7.74. The third-order valence-corrected chi connectivity index (χ3v) is 3.73. The Morgan fingerprint density at radius 2 is 1.81 bits per heavy atom. The Labute approximate surface area is 103 Å². The van der Waals surface area contributed by atoms with E-state index >= 15 is 0 Å². The van der Waals surface area contributed by atoms with Crippen LogP contribution in [0.1, 0.15) is 51.2 Å². The molecular formula is C14H22OS. The maximum Gasteiger partial charge on any atom is 0.0761 e. The van der Waals surface area contributed by atoms with Crippen LogP contribution in [0, 0.1) is 0 Å². The van der Waals surface area contributed by atoms with Crippen molar-refractivity contribution in [1.29, 1.82) is 0 Å². The summed E-state index contributed by atoms with van der Waals surface area (Å²) in [5.41, 5.74) is 0.996. The molecule has 0 saturated carbocycles. The summed E-state index contributed by atoms with van der Waals surface area (Å²) in [6.07, 6.45) is 4.94. The van der Waals surface area contributed by atoms with Crippen LogP contribution >= 0.6 is 11.8 Å². The molecule has 1 rings (SSSR count). The highest BCUT2D eigenvalue weighted by Crippen LogP contribution is 2.22. The highest BCUT2D eigenvalue weighted by Gasteiger charge is 2.00. The minimum atomic E-state index is -0.358. The molecule has 90 valence electrons. The fraction of sp³-hybridized carbons (Fsp3) is 0.571. The lowest BCUT2D eigenvalue weighted by molar-refractivity contribution is 0.199. The smallest absolute Gasteiger partial charge is 0.0761 e. The predicted molar refractivity (Wildman–Crippen MR) is 71.9 cm³/mol. The minimum absolute atomic E-state index is 0.358. The van der Waals surface area contributed by atoms with Crippen LogP contribution < -0.4 is 0 Å². The highest BCUT2D eigenvalue weighted by atomic mass is 32.2. The standard InChI is InChI=1S/C14H22OS/c1-3-4-5-6-11-16-14-9-7-13(8-10-14)12(2)15/h7-10,12,15H,3-6,11H2,1-2H3. The summed E-state index contributed by atoms with van der Waals surface area (Å²) in [4.78, 5) is 1.31. The Kier molecular flexibility index (Phi) is 6.58. The summed E-state index contributed by atoms with van der Waals surface area (Å²) in [5, 5.41) is 9.38. The summed E-state index contributed by atoms with van der Waals surface area (Å²) in [7, 11) is 0. The molecule has 0 spiro atoms. The van der Waals surface area contributed by atoms with Gasteiger partial charge in [-0.25, -0.2) is 0 Å². The predicted octanol–water partition coefficient (Wildman–Crippen LogP) is 4.41. The second kappa shape index (κ2) is 7.75. The van der Waals surface area contributed by atoms with Gasteiger partial charge in [0.1, 0.15) is 0 Å². The monoisotopic (exact) mass is 238 g/mol. The summed E-state index contributed by atoms with van der Waals surface area (Å²) in [5.74, 6) is 1.20. The number of aliphatic hydroxyl groups excluding tert-OH is 1. The molecule has 0 heterocycles. The van der Waals surface area contributed by atoms with Crippen molar-refractivity contribution < 1.29 is 5.11 Å². The lowest BCUT2D eigenvalue weighted by atomic mass is 10.1. The summed E-state index contributed by atoms with van der Waals surface area (Å²) >= 11 is 1.91. The lowest BCUT2D eigenvalue weighted by Crippen LogP contribution is -1.89. The molecule has 1 atom stereocenters. The van der Waals surface area contributed by atoms with Crippen LogP contribution in [0.25, 0.3) is 0 Å². The van der Waals surface area contributed by atoms with Crippen LogP contribution in [-0.2, 0) is 0 Å². The number of hydrogen-bond donors (Lipinski definition) is 1. The maximum atomic E-state index is 9.38. The van der Waals surface area contributed by atoms with Crippen molar-refractivity contribution in [1.82, 2.24) is 0 Å². The summed E-state index contributed by atoms with van der Waals surface area (Å²) < 4.78 is 0. The Hall–Kier alpha value is -0.470. The van der Waals surface area contributed by atoms with Gasteiger partial charge in [-0.2, -0.15) is 0 Å². The average Bonchev–Trinajstić information content (AvgIpc) is 2.29. The zero-order chi connectivity index (χ0) is 11.8. The van der Waals surface area contributed by atoms with Crippen molar-refractivity contribution in [2.75, 3.05) is 5.75 Å². The topological polar surface area (TPSA) is 20.2 Å². The van der Waals surface area contributed by atoms with Gasteiger partial charge < -0.3 is 5.11 Å². The third kappa shape index (κ3) is 5.04. The van der Waals surface area contributed by atoms with E-state index in [2.05, 4.69) is 19.1 Å². The van der Waals surface area contributed by atoms with Gasteiger partial charge in [0.05, 0.1) is 6.10 Å². The molecule has 1 nitrogen and oxygen atoms in total. The SMILES string of the molecule is CCCCCCSc1ccc(C(C)O)cc1. The zero-order valence-corrected chi connectivity index (χ0v) is 11.1. The van der Waals surface area contributed by atoms with E-state index in [1.54, 1.807) is 6.92 Å². The van der Waals surface area contributed by atoms with Gasteiger partial charge in [-0.3, -0.25) is 0 Å². The average molecular weight is 238 g/mol. The first-order valence-corrected chi connectivity index (χ1v) is 7.13. The Morgan fingerprint density at radius 3 is 2.38 bits per heavy atom.